The summed E-state index contributed by atoms with van der Waals surface area (Å²) in [6, 6.07) is 1.86. The molecule has 3 nitrogen and oxygen atoms in total. The van der Waals surface area contributed by atoms with Crippen LogP contribution in [0.3, 0.4) is 0 Å². The first kappa shape index (κ1) is 9.52. The van der Waals surface area contributed by atoms with Gasteiger partial charge in [-0.05, 0) is 37.1 Å². The molecule has 1 aliphatic rings. The maximum atomic E-state index is 11.3. The van der Waals surface area contributed by atoms with E-state index in [2.05, 4.69) is 5.32 Å². The molecule has 1 fully saturated rings. The Bertz CT molecular complexity index is 291. The summed E-state index contributed by atoms with van der Waals surface area (Å²) >= 11 is 1.55. The molecule has 76 valence electrons. The topological polar surface area (TPSA) is 38.3 Å². The largest absolute Gasteiger partial charge is 0.446 e. The highest BCUT2D eigenvalue weighted by Gasteiger charge is 2.18. The molecule has 0 bridgehead atoms. The molecule has 1 saturated carbocycles. The fraction of sp³-hybridized carbons (Fsp3) is 0.500. The van der Waals surface area contributed by atoms with E-state index in [4.69, 9.17) is 4.74 Å². The molecule has 1 N–H and O–H groups in total. The van der Waals surface area contributed by atoms with Gasteiger partial charge in [0.25, 0.3) is 0 Å². The lowest BCUT2D eigenvalue weighted by Gasteiger charge is -2.11. The van der Waals surface area contributed by atoms with Crippen LogP contribution in [0, 0.1) is 0 Å². The van der Waals surface area contributed by atoms with Crippen LogP contribution in [0.1, 0.15) is 25.7 Å². The summed E-state index contributed by atoms with van der Waals surface area (Å²) in [5.74, 6) is 0. The number of carbonyl (C=O) groups excluding carboxylic acids is 1. The predicted molar refractivity (Wildman–Crippen MR) is 56.7 cm³/mol. The molecular weight excluding hydrogens is 198 g/mol. The van der Waals surface area contributed by atoms with Gasteiger partial charge in [0.05, 0.1) is 5.69 Å². The third-order valence-electron chi connectivity index (χ3n) is 2.34. The number of carbonyl (C=O) groups is 1. The zero-order valence-electron chi connectivity index (χ0n) is 7.86. The molecular formula is C10H13NO2S. The Morgan fingerprint density at radius 1 is 1.50 bits per heavy atom. The van der Waals surface area contributed by atoms with Gasteiger partial charge in [-0.3, -0.25) is 5.32 Å². The van der Waals surface area contributed by atoms with E-state index in [-0.39, 0.29) is 12.2 Å². The SMILES string of the molecule is O=C(Nc1ccsc1)OC1CCCC1. The fourth-order valence-corrected chi connectivity index (χ4v) is 2.23. The Labute approximate surface area is 87.1 Å². The minimum absolute atomic E-state index is 0.133. The summed E-state index contributed by atoms with van der Waals surface area (Å²) in [5, 5.41) is 6.50. The van der Waals surface area contributed by atoms with Crippen LogP contribution in [-0.4, -0.2) is 12.2 Å². The molecule has 0 unspecified atom stereocenters. The van der Waals surface area contributed by atoms with Crippen LogP contribution in [0.25, 0.3) is 0 Å². The van der Waals surface area contributed by atoms with Crippen molar-refractivity contribution in [1.29, 1.82) is 0 Å². The van der Waals surface area contributed by atoms with Crippen LogP contribution in [0.2, 0.25) is 0 Å². The molecule has 0 spiro atoms. The first-order chi connectivity index (χ1) is 6.84. The molecule has 0 atom stereocenters. The highest BCUT2D eigenvalue weighted by Crippen LogP contribution is 2.21. The smallest absolute Gasteiger partial charge is 0.411 e. The third kappa shape index (κ3) is 2.48. The fourth-order valence-electron chi connectivity index (χ4n) is 1.64. The van der Waals surface area contributed by atoms with E-state index in [1.54, 1.807) is 11.3 Å². The van der Waals surface area contributed by atoms with Gasteiger partial charge in [0.15, 0.2) is 0 Å². The second-order valence-electron chi connectivity index (χ2n) is 3.45. The predicted octanol–water partition coefficient (Wildman–Crippen LogP) is 3.24. The molecule has 0 saturated heterocycles. The van der Waals surface area contributed by atoms with E-state index in [9.17, 15) is 4.79 Å². The van der Waals surface area contributed by atoms with Crippen molar-refractivity contribution >= 4 is 23.1 Å². The van der Waals surface area contributed by atoms with E-state index in [0.717, 1.165) is 18.5 Å². The van der Waals surface area contributed by atoms with Crippen molar-refractivity contribution in [2.24, 2.45) is 0 Å². The average Bonchev–Trinajstić information content (AvgIpc) is 2.76. The van der Waals surface area contributed by atoms with E-state index in [0.29, 0.717) is 0 Å². The number of hydrogen-bond acceptors (Lipinski definition) is 3. The van der Waals surface area contributed by atoms with Crippen molar-refractivity contribution < 1.29 is 9.53 Å². The van der Waals surface area contributed by atoms with Crippen LogP contribution < -0.4 is 5.32 Å². The van der Waals surface area contributed by atoms with Crippen LogP contribution >= 0.6 is 11.3 Å². The summed E-state index contributed by atoms with van der Waals surface area (Å²) in [6.45, 7) is 0. The highest BCUT2D eigenvalue weighted by atomic mass is 32.1. The van der Waals surface area contributed by atoms with Gasteiger partial charge < -0.3 is 4.74 Å². The number of hydrogen-bond donors (Lipinski definition) is 1. The number of rotatable bonds is 2. The van der Waals surface area contributed by atoms with Crippen molar-refractivity contribution in [3.8, 4) is 0 Å². The number of anilines is 1. The van der Waals surface area contributed by atoms with Crippen LogP contribution in [-0.2, 0) is 4.74 Å². The highest BCUT2D eigenvalue weighted by molar-refractivity contribution is 7.08. The molecule has 4 heteroatoms. The van der Waals surface area contributed by atoms with Crippen LogP contribution in [0.4, 0.5) is 10.5 Å². The maximum absolute atomic E-state index is 11.3. The summed E-state index contributed by atoms with van der Waals surface area (Å²) in [5.41, 5.74) is 0.818. The average molecular weight is 211 g/mol. The lowest BCUT2D eigenvalue weighted by Crippen LogP contribution is -2.19. The minimum atomic E-state index is -0.324. The van der Waals surface area contributed by atoms with Crippen molar-refractivity contribution in [2.45, 2.75) is 31.8 Å². The summed E-state index contributed by atoms with van der Waals surface area (Å²) in [7, 11) is 0. The number of amides is 1. The molecule has 1 heterocycles. The third-order valence-corrected chi connectivity index (χ3v) is 3.03. The quantitative estimate of drug-likeness (QED) is 0.815. The molecule has 0 aliphatic heterocycles. The lowest BCUT2D eigenvalue weighted by molar-refractivity contribution is 0.114. The molecule has 2 rings (SSSR count). The zero-order valence-corrected chi connectivity index (χ0v) is 8.68. The van der Waals surface area contributed by atoms with Gasteiger partial charge in [0, 0.05) is 5.38 Å². The lowest BCUT2D eigenvalue weighted by atomic mass is 10.3. The Balaban J connectivity index is 1.78. The molecule has 14 heavy (non-hydrogen) atoms. The molecule has 0 aromatic carbocycles. The number of ether oxygens (including phenoxy) is 1. The standard InChI is InChI=1S/C10H13NO2S/c12-10(11-8-5-6-14-7-8)13-9-3-1-2-4-9/h5-7,9H,1-4H2,(H,11,12). The molecule has 1 aromatic rings. The second kappa shape index (κ2) is 4.46. The summed E-state index contributed by atoms with van der Waals surface area (Å²) in [4.78, 5) is 11.3. The monoisotopic (exact) mass is 211 g/mol. The Hall–Kier alpha value is -1.03. The summed E-state index contributed by atoms with van der Waals surface area (Å²) in [6.07, 6.45) is 4.19. The number of nitrogens with one attached hydrogen (secondary N) is 1. The minimum Gasteiger partial charge on any atom is -0.446 e. The first-order valence-corrected chi connectivity index (χ1v) is 5.79. The Morgan fingerprint density at radius 3 is 2.93 bits per heavy atom. The van der Waals surface area contributed by atoms with E-state index < -0.39 is 0 Å². The van der Waals surface area contributed by atoms with Crippen molar-refractivity contribution in [1.82, 2.24) is 0 Å². The Morgan fingerprint density at radius 2 is 2.29 bits per heavy atom. The van der Waals surface area contributed by atoms with Crippen molar-refractivity contribution in [3.05, 3.63) is 16.8 Å². The first-order valence-electron chi connectivity index (χ1n) is 4.84. The normalized spacial score (nSPS) is 16.9. The van der Waals surface area contributed by atoms with E-state index in [1.165, 1.54) is 12.8 Å². The molecule has 1 aliphatic carbocycles. The van der Waals surface area contributed by atoms with Crippen molar-refractivity contribution in [3.63, 3.8) is 0 Å². The van der Waals surface area contributed by atoms with Gasteiger partial charge in [-0.15, -0.1) is 0 Å². The molecule has 1 amide bonds. The van der Waals surface area contributed by atoms with Gasteiger partial charge in [0.1, 0.15) is 6.10 Å². The van der Waals surface area contributed by atoms with Gasteiger partial charge in [-0.25, -0.2) is 4.79 Å². The maximum Gasteiger partial charge on any atom is 0.411 e. The Kier molecular flexibility index (Phi) is 3.03. The van der Waals surface area contributed by atoms with Crippen molar-refractivity contribution in [2.75, 3.05) is 5.32 Å². The van der Waals surface area contributed by atoms with E-state index in [1.807, 2.05) is 16.8 Å². The van der Waals surface area contributed by atoms with Crippen LogP contribution in [0.15, 0.2) is 16.8 Å². The van der Waals surface area contributed by atoms with E-state index >= 15 is 0 Å². The van der Waals surface area contributed by atoms with Gasteiger partial charge in [0.2, 0.25) is 0 Å². The zero-order chi connectivity index (χ0) is 9.80. The molecule has 1 aromatic heterocycles. The van der Waals surface area contributed by atoms with Gasteiger partial charge in [-0.1, -0.05) is 0 Å². The van der Waals surface area contributed by atoms with Gasteiger partial charge in [-0.2, -0.15) is 11.3 Å². The van der Waals surface area contributed by atoms with Gasteiger partial charge >= 0.3 is 6.09 Å². The molecule has 0 radical (unpaired) electrons. The summed E-state index contributed by atoms with van der Waals surface area (Å²) < 4.78 is 5.24. The van der Waals surface area contributed by atoms with Crippen LogP contribution in [0.5, 0.6) is 0 Å². The second-order valence-corrected chi connectivity index (χ2v) is 4.23. The number of thiophene rings is 1.